The predicted octanol–water partition coefficient (Wildman–Crippen LogP) is 4.57. The first kappa shape index (κ1) is 14.4. The second-order valence-corrected chi connectivity index (χ2v) is 5.83. The predicted molar refractivity (Wildman–Crippen MR) is 98.0 cm³/mol. The molecule has 0 unspecified atom stereocenters. The van der Waals surface area contributed by atoms with Gasteiger partial charge in [-0.1, -0.05) is 48.0 Å². The minimum Gasteiger partial charge on any atom is -0.321 e. The van der Waals surface area contributed by atoms with E-state index in [1.165, 1.54) is 0 Å². The Morgan fingerprint density at radius 1 is 0.875 bits per heavy atom. The van der Waals surface area contributed by atoms with E-state index >= 15 is 0 Å². The molecule has 2 aromatic carbocycles. The lowest BCUT2D eigenvalue weighted by molar-refractivity contribution is 1.26. The molecule has 0 aliphatic rings. The fourth-order valence-electron chi connectivity index (χ4n) is 3.07. The first-order valence-electron chi connectivity index (χ1n) is 7.87. The van der Waals surface area contributed by atoms with E-state index in [-0.39, 0.29) is 5.56 Å². The van der Waals surface area contributed by atoms with E-state index in [1.54, 1.807) is 6.20 Å². The smallest absolute Gasteiger partial charge is 0.258 e. The molecule has 0 saturated heterocycles. The van der Waals surface area contributed by atoms with Crippen molar-refractivity contribution in [2.45, 2.75) is 6.92 Å². The van der Waals surface area contributed by atoms with E-state index in [2.05, 4.69) is 23.0 Å². The monoisotopic (exact) mass is 312 g/mol. The molecule has 4 rings (SSSR count). The van der Waals surface area contributed by atoms with Crippen molar-refractivity contribution in [3.63, 3.8) is 0 Å². The number of H-pyrrole nitrogens is 1. The number of aromatic amines is 1. The third kappa shape index (κ3) is 2.40. The van der Waals surface area contributed by atoms with E-state index in [1.807, 2.05) is 60.7 Å². The summed E-state index contributed by atoms with van der Waals surface area (Å²) in [6.07, 6.45) is 1.71. The number of nitrogens with one attached hydrogen (secondary N) is 1. The van der Waals surface area contributed by atoms with Gasteiger partial charge in [0.15, 0.2) is 0 Å². The zero-order valence-electron chi connectivity index (χ0n) is 13.3. The van der Waals surface area contributed by atoms with Gasteiger partial charge in [-0.3, -0.25) is 9.78 Å². The standard InChI is InChI=1S/C21H16N2O/c1-14-10-11-17-16(13-14)19(15-7-3-2-4-8-15)20(21(24)23-17)18-9-5-6-12-22-18/h2-13H,1H3,(H,23,24). The maximum Gasteiger partial charge on any atom is 0.258 e. The summed E-state index contributed by atoms with van der Waals surface area (Å²) in [4.78, 5) is 20.2. The molecule has 0 spiro atoms. The highest BCUT2D eigenvalue weighted by molar-refractivity contribution is 6.01. The topological polar surface area (TPSA) is 45.8 Å². The van der Waals surface area contributed by atoms with Crippen LogP contribution in [-0.4, -0.2) is 9.97 Å². The van der Waals surface area contributed by atoms with Gasteiger partial charge in [0.05, 0.1) is 11.3 Å². The molecule has 2 aromatic heterocycles. The quantitative estimate of drug-likeness (QED) is 0.589. The third-order valence-electron chi connectivity index (χ3n) is 4.15. The molecule has 3 heteroatoms. The summed E-state index contributed by atoms with van der Waals surface area (Å²) < 4.78 is 0. The molecule has 0 fully saturated rings. The third-order valence-corrected chi connectivity index (χ3v) is 4.15. The van der Waals surface area contributed by atoms with E-state index in [0.29, 0.717) is 11.3 Å². The van der Waals surface area contributed by atoms with Crippen LogP contribution in [0.25, 0.3) is 33.3 Å². The number of hydrogen-bond donors (Lipinski definition) is 1. The molecule has 0 saturated carbocycles. The van der Waals surface area contributed by atoms with Gasteiger partial charge < -0.3 is 4.98 Å². The molecule has 3 nitrogen and oxygen atoms in total. The van der Waals surface area contributed by atoms with Gasteiger partial charge in [0.1, 0.15) is 0 Å². The Morgan fingerprint density at radius 3 is 2.42 bits per heavy atom. The van der Waals surface area contributed by atoms with Crippen molar-refractivity contribution in [1.29, 1.82) is 0 Å². The van der Waals surface area contributed by atoms with Crippen LogP contribution >= 0.6 is 0 Å². The van der Waals surface area contributed by atoms with Gasteiger partial charge in [-0.05, 0) is 36.8 Å². The number of hydrogen-bond acceptors (Lipinski definition) is 2. The lowest BCUT2D eigenvalue weighted by Gasteiger charge is -2.13. The first-order chi connectivity index (χ1) is 11.7. The van der Waals surface area contributed by atoms with E-state index in [9.17, 15) is 4.79 Å². The Morgan fingerprint density at radius 2 is 1.67 bits per heavy atom. The zero-order chi connectivity index (χ0) is 16.5. The van der Waals surface area contributed by atoms with Crippen LogP contribution in [0.2, 0.25) is 0 Å². The van der Waals surface area contributed by atoms with Crippen molar-refractivity contribution in [3.8, 4) is 22.4 Å². The first-order valence-corrected chi connectivity index (χ1v) is 7.87. The average molecular weight is 312 g/mol. The summed E-state index contributed by atoms with van der Waals surface area (Å²) in [7, 11) is 0. The van der Waals surface area contributed by atoms with Crippen molar-refractivity contribution in [1.82, 2.24) is 9.97 Å². The van der Waals surface area contributed by atoms with Crippen LogP contribution in [0.3, 0.4) is 0 Å². The average Bonchev–Trinajstić information content (AvgIpc) is 2.62. The molecule has 4 aromatic rings. The van der Waals surface area contributed by atoms with Crippen LogP contribution in [0.4, 0.5) is 0 Å². The number of benzene rings is 2. The SMILES string of the molecule is Cc1ccc2[nH]c(=O)c(-c3ccccn3)c(-c3ccccc3)c2c1. The maximum absolute atomic E-state index is 12.8. The summed E-state index contributed by atoms with van der Waals surface area (Å²) in [6.45, 7) is 2.06. The zero-order valence-corrected chi connectivity index (χ0v) is 13.3. The van der Waals surface area contributed by atoms with Crippen molar-refractivity contribution in [3.05, 3.63) is 88.8 Å². The summed E-state index contributed by atoms with van der Waals surface area (Å²) in [6, 6.07) is 21.7. The molecule has 0 aliphatic heterocycles. The molecule has 2 heterocycles. The number of rotatable bonds is 2. The van der Waals surface area contributed by atoms with Gasteiger partial charge in [-0.2, -0.15) is 0 Å². The molecule has 0 aliphatic carbocycles. The maximum atomic E-state index is 12.8. The van der Waals surface area contributed by atoms with E-state index in [0.717, 1.165) is 27.6 Å². The lowest BCUT2D eigenvalue weighted by atomic mass is 9.93. The van der Waals surface area contributed by atoms with Crippen LogP contribution in [0.15, 0.2) is 77.7 Å². The van der Waals surface area contributed by atoms with E-state index < -0.39 is 0 Å². The van der Waals surface area contributed by atoms with Gasteiger partial charge >= 0.3 is 0 Å². The highest BCUT2D eigenvalue weighted by Gasteiger charge is 2.16. The van der Waals surface area contributed by atoms with E-state index in [4.69, 9.17) is 0 Å². The normalized spacial score (nSPS) is 10.9. The van der Waals surface area contributed by atoms with Crippen LogP contribution in [0.1, 0.15) is 5.56 Å². The molecule has 116 valence electrons. The minimum absolute atomic E-state index is 0.121. The van der Waals surface area contributed by atoms with Crippen LogP contribution in [0.5, 0.6) is 0 Å². The van der Waals surface area contributed by atoms with Crippen molar-refractivity contribution < 1.29 is 0 Å². The van der Waals surface area contributed by atoms with Gasteiger partial charge in [-0.25, -0.2) is 0 Å². The molecular weight excluding hydrogens is 296 g/mol. The Bertz CT molecular complexity index is 1070. The Kier molecular flexibility index (Phi) is 3.47. The van der Waals surface area contributed by atoms with Gasteiger partial charge in [-0.15, -0.1) is 0 Å². The largest absolute Gasteiger partial charge is 0.321 e. The van der Waals surface area contributed by atoms with Crippen LogP contribution in [-0.2, 0) is 0 Å². The number of fused-ring (bicyclic) bond motifs is 1. The molecule has 0 radical (unpaired) electrons. The molecule has 0 amide bonds. The fourth-order valence-corrected chi connectivity index (χ4v) is 3.07. The summed E-state index contributed by atoms with van der Waals surface area (Å²) in [5.74, 6) is 0. The van der Waals surface area contributed by atoms with Crippen LogP contribution < -0.4 is 5.56 Å². The van der Waals surface area contributed by atoms with Gasteiger partial charge in [0.2, 0.25) is 0 Å². The second-order valence-electron chi connectivity index (χ2n) is 5.83. The molecule has 0 atom stereocenters. The van der Waals surface area contributed by atoms with Crippen molar-refractivity contribution in [2.24, 2.45) is 0 Å². The van der Waals surface area contributed by atoms with Crippen molar-refractivity contribution >= 4 is 10.9 Å². The highest BCUT2D eigenvalue weighted by Crippen LogP contribution is 2.34. The summed E-state index contributed by atoms with van der Waals surface area (Å²) in [5.41, 5.74) is 5.10. The van der Waals surface area contributed by atoms with Crippen LogP contribution in [0, 0.1) is 6.92 Å². The number of aromatic nitrogens is 2. The Hall–Kier alpha value is -3.20. The number of pyridine rings is 2. The lowest BCUT2D eigenvalue weighted by Crippen LogP contribution is -2.12. The highest BCUT2D eigenvalue weighted by atomic mass is 16.1. The molecule has 24 heavy (non-hydrogen) atoms. The molecule has 1 N–H and O–H groups in total. The summed E-state index contributed by atoms with van der Waals surface area (Å²) in [5, 5.41) is 1.03. The van der Waals surface area contributed by atoms with Gasteiger partial charge in [0, 0.05) is 22.7 Å². The number of aryl methyl sites for hydroxylation is 1. The Balaban J connectivity index is 2.19. The molecule has 0 bridgehead atoms. The summed E-state index contributed by atoms with van der Waals surface area (Å²) >= 11 is 0. The fraction of sp³-hybridized carbons (Fsp3) is 0.0476. The Labute approximate surface area is 139 Å². The molecular formula is C21H16N2O. The van der Waals surface area contributed by atoms with Crippen molar-refractivity contribution in [2.75, 3.05) is 0 Å². The number of nitrogens with zero attached hydrogens (tertiary/aromatic N) is 1. The second kappa shape index (κ2) is 5.78. The van der Waals surface area contributed by atoms with Gasteiger partial charge in [0.25, 0.3) is 5.56 Å². The minimum atomic E-state index is -0.121.